The molecule has 2 heterocycles. The fourth-order valence-electron chi connectivity index (χ4n) is 1.91. The van der Waals surface area contributed by atoms with E-state index in [0.29, 0.717) is 5.13 Å². The molecule has 0 aliphatic carbocycles. The quantitative estimate of drug-likeness (QED) is 0.561. The lowest BCUT2D eigenvalue weighted by Crippen LogP contribution is -2.22. The first-order valence-corrected chi connectivity index (χ1v) is 11.2. The van der Waals surface area contributed by atoms with Crippen LogP contribution in [0.25, 0.3) is 11.3 Å². The zero-order valence-corrected chi connectivity index (χ0v) is 16.9. The van der Waals surface area contributed by atoms with Gasteiger partial charge in [0.25, 0.3) is 0 Å². The van der Waals surface area contributed by atoms with Gasteiger partial charge >= 0.3 is 0 Å². The van der Waals surface area contributed by atoms with E-state index in [1.165, 1.54) is 34.4 Å². The smallest absolute Gasteiger partial charge is 0.239 e. The van der Waals surface area contributed by atoms with Gasteiger partial charge in [0, 0.05) is 10.9 Å². The zero-order chi connectivity index (χ0) is 17.6. The first-order chi connectivity index (χ1) is 12.2. The van der Waals surface area contributed by atoms with Crippen LogP contribution in [0.2, 0.25) is 0 Å². The first-order valence-electron chi connectivity index (χ1n) is 7.60. The van der Waals surface area contributed by atoms with E-state index in [2.05, 4.69) is 27.4 Å². The van der Waals surface area contributed by atoms with Crippen LogP contribution in [0.4, 0.5) is 5.13 Å². The van der Waals surface area contributed by atoms with Gasteiger partial charge in [-0.25, -0.2) is 4.98 Å². The Bertz CT molecular complexity index is 834. The van der Waals surface area contributed by atoms with Gasteiger partial charge in [-0.05, 0) is 12.7 Å². The van der Waals surface area contributed by atoms with Gasteiger partial charge in [-0.3, -0.25) is 4.79 Å². The SMILES string of the molecule is CCSc1nnc(S[C@@H](C)C(=O)Nc2nc(-c3ccccc3)cs2)s1. The fraction of sp³-hybridized carbons (Fsp3) is 0.250. The van der Waals surface area contributed by atoms with E-state index in [0.717, 1.165) is 25.7 Å². The normalized spacial score (nSPS) is 12.1. The molecule has 0 aliphatic heterocycles. The lowest BCUT2D eigenvalue weighted by molar-refractivity contribution is -0.115. The van der Waals surface area contributed by atoms with Gasteiger partial charge in [-0.15, -0.1) is 21.5 Å². The van der Waals surface area contributed by atoms with Crippen LogP contribution in [0.3, 0.4) is 0 Å². The fourth-order valence-corrected chi connectivity index (χ4v) is 5.69. The van der Waals surface area contributed by atoms with Crippen LogP contribution in [-0.4, -0.2) is 32.1 Å². The van der Waals surface area contributed by atoms with E-state index >= 15 is 0 Å². The number of hydrogen-bond donors (Lipinski definition) is 1. The summed E-state index contributed by atoms with van der Waals surface area (Å²) in [7, 11) is 0. The van der Waals surface area contributed by atoms with Crippen LogP contribution in [-0.2, 0) is 4.79 Å². The number of nitrogens with one attached hydrogen (secondary N) is 1. The Labute approximate surface area is 162 Å². The molecule has 25 heavy (non-hydrogen) atoms. The van der Waals surface area contributed by atoms with Crippen molar-refractivity contribution in [3.63, 3.8) is 0 Å². The van der Waals surface area contributed by atoms with E-state index in [-0.39, 0.29) is 11.2 Å². The van der Waals surface area contributed by atoms with Crippen molar-refractivity contribution in [2.24, 2.45) is 0 Å². The minimum atomic E-state index is -0.267. The molecule has 1 N–H and O–H groups in total. The summed E-state index contributed by atoms with van der Waals surface area (Å²) in [6.45, 7) is 3.94. The number of hydrogen-bond acceptors (Lipinski definition) is 8. The molecule has 0 fully saturated rings. The molecule has 9 heteroatoms. The number of carbonyl (C=O) groups is 1. The highest BCUT2D eigenvalue weighted by Gasteiger charge is 2.18. The van der Waals surface area contributed by atoms with Gasteiger partial charge in [0.1, 0.15) is 0 Å². The predicted octanol–water partition coefficient (Wildman–Crippen LogP) is 4.89. The summed E-state index contributed by atoms with van der Waals surface area (Å²) >= 11 is 6.02. The van der Waals surface area contributed by atoms with E-state index in [9.17, 15) is 4.79 Å². The molecule has 0 saturated carbocycles. The third-order valence-electron chi connectivity index (χ3n) is 3.11. The van der Waals surface area contributed by atoms with Crippen LogP contribution in [0.15, 0.2) is 44.4 Å². The van der Waals surface area contributed by atoms with E-state index in [1.807, 2.05) is 42.6 Å². The van der Waals surface area contributed by atoms with Gasteiger partial charge in [0.2, 0.25) is 5.91 Å². The number of carbonyl (C=O) groups excluding carboxylic acids is 1. The number of thioether (sulfide) groups is 2. The van der Waals surface area contributed by atoms with Crippen molar-refractivity contribution in [1.82, 2.24) is 15.2 Å². The number of benzene rings is 1. The van der Waals surface area contributed by atoms with Crippen molar-refractivity contribution in [1.29, 1.82) is 0 Å². The Morgan fingerprint density at radius 1 is 1.24 bits per heavy atom. The van der Waals surface area contributed by atoms with Crippen LogP contribution in [0.5, 0.6) is 0 Å². The van der Waals surface area contributed by atoms with E-state index < -0.39 is 0 Å². The molecule has 0 radical (unpaired) electrons. The molecule has 1 aromatic carbocycles. The van der Waals surface area contributed by atoms with Crippen LogP contribution in [0.1, 0.15) is 13.8 Å². The van der Waals surface area contributed by atoms with Crippen LogP contribution < -0.4 is 5.32 Å². The maximum absolute atomic E-state index is 12.4. The maximum atomic E-state index is 12.4. The molecule has 1 atom stereocenters. The molecule has 0 bridgehead atoms. The van der Waals surface area contributed by atoms with Crippen molar-refractivity contribution in [3.8, 4) is 11.3 Å². The Morgan fingerprint density at radius 3 is 2.76 bits per heavy atom. The largest absolute Gasteiger partial charge is 0.301 e. The van der Waals surface area contributed by atoms with Crippen LogP contribution >= 0.6 is 46.2 Å². The van der Waals surface area contributed by atoms with Gasteiger partial charge < -0.3 is 5.32 Å². The summed E-state index contributed by atoms with van der Waals surface area (Å²) in [5.74, 6) is 0.877. The molecule has 0 aliphatic rings. The van der Waals surface area contributed by atoms with Crippen LogP contribution in [0, 0.1) is 0 Å². The number of nitrogens with zero attached hydrogens (tertiary/aromatic N) is 3. The highest BCUT2D eigenvalue weighted by Crippen LogP contribution is 2.32. The Balaban J connectivity index is 1.59. The number of anilines is 1. The average Bonchev–Trinajstić information content (AvgIpc) is 3.26. The third kappa shape index (κ3) is 5.04. The van der Waals surface area contributed by atoms with E-state index in [4.69, 9.17) is 0 Å². The Kier molecular flexibility index (Phi) is 6.46. The second kappa shape index (κ2) is 8.79. The number of amides is 1. The molecule has 0 saturated heterocycles. The highest BCUT2D eigenvalue weighted by atomic mass is 32.2. The summed E-state index contributed by atoms with van der Waals surface area (Å²) < 4.78 is 1.74. The summed E-state index contributed by atoms with van der Waals surface area (Å²) in [5.41, 5.74) is 1.91. The molecule has 2 aromatic heterocycles. The van der Waals surface area contributed by atoms with Gasteiger partial charge in [0.15, 0.2) is 13.8 Å². The van der Waals surface area contributed by atoms with Gasteiger partial charge in [-0.2, -0.15) is 0 Å². The van der Waals surface area contributed by atoms with Gasteiger partial charge in [-0.1, -0.05) is 72.1 Å². The molecule has 1 amide bonds. The molecule has 0 spiro atoms. The molecule has 5 nitrogen and oxygen atoms in total. The third-order valence-corrected chi connectivity index (χ3v) is 6.99. The van der Waals surface area contributed by atoms with Crippen molar-refractivity contribution >= 4 is 57.2 Å². The average molecular weight is 409 g/mol. The molecule has 130 valence electrons. The second-order valence-electron chi connectivity index (χ2n) is 4.92. The molecule has 3 rings (SSSR count). The first kappa shape index (κ1) is 18.4. The monoisotopic (exact) mass is 408 g/mol. The van der Waals surface area contributed by atoms with Crippen molar-refractivity contribution in [3.05, 3.63) is 35.7 Å². The summed E-state index contributed by atoms with van der Waals surface area (Å²) in [6.07, 6.45) is 0. The van der Waals surface area contributed by atoms with E-state index in [1.54, 1.807) is 11.8 Å². The topological polar surface area (TPSA) is 67.8 Å². The lowest BCUT2D eigenvalue weighted by Gasteiger charge is -2.07. The Hall–Kier alpha value is -1.42. The minimum Gasteiger partial charge on any atom is -0.301 e. The minimum absolute atomic E-state index is 0.0844. The van der Waals surface area contributed by atoms with Gasteiger partial charge in [0.05, 0.1) is 10.9 Å². The molecular formula is C16H16N4OS4. The van der Waals surface area contributed by atoms with Crippen molar-refractivity contribution in [2.75, 3.05) is 11.1 Å². The molecular weight excluding hydrogens is 392 g/mol. The lowest BCUT2D eigenvalue weighted by atomic mass is 10.2. The summed E-state index contributed by atoms with van der Waals surface area (Å²) in [4.78, 5) is 16.9. The van der Waals surface area contributed by atoms with Crippen molar-refractivity contribution in [2.45, 2.75) is 27.8 Å². The molecule has 3 aromatic rings. The number of thiazole rings is 1. The zero-order valence-electron chi connectivity index (χ0n) is 13.6. The Morgan fingerprint density at radius 2 is 2.00 bits per heavy atom. The second-order valence-corrected chi connectivity index (χ2v) is 9.85. The summed E-state index contributed by atoms with van der Waals surface area (Å²) in [5, 5.41) is 13.4. The maximum Gasteiger partial charge on any atom is 0.239 e. The standard InChI is InChI=1S/C16H16N4OS4/c1-3-22-15-19-20-16(25-15)24-10(2)13(21)18-14-17-12(9-23-14)11-7-5-4-6-8-11/h4-10H,3H2,1-2H3,(H,17,18,21)/t10-/m0/s1. The van der Waals surface area contributed by atoms with Crippen molar-refractivity contribution < 1.29 is 4.79 Å². The summed E-state index contributed by atoms with van der Waals surface area (Å²) in [6, 6.07) is 9.91. The highest BCUT2D eigenvalue weighted by molar-refractivity contribution is 8.03. The number of aromatic nitrogens is 3. The predicted molar refractivity (Wildman–Crippen MR) is 108 cm³/mol. The molecule has 0 unspecified atom stereocenters. The number of rotatable bonds is 7.